The maximum absolute atomic E-state index is 12.0. The van der Waals surface area contributed by atoms with Crippen LogP contribution in [0.15, 0.2) is 16.9 Å². The Bertz CT molecular complexity index is 299. The molecule has 1 rings (SSSR count). The molecule has 0 aliphatic rings. The Labute approximate surface area is 79.7 Å². The summed E-state index contributed by atoms with van der Waals surface area (Å²) in [6.45, 7) is 0. The van der Waals surface area contributed by atoms with Crippen molar-refractivity contribution in [3.05, 3.63) is 27.5 Å². The molecule has 0 aliphatic heterocycles. The summed E-state index contributed by atoms with van der Waals surface area (Å²) in [5.41, 5.74) is -0.851. The largest absolute Gasteiger partial charge is 0.417 e. The SMILES string of the molecule is FC(F)(F)c1cnc(Br)c(Cl)c1. The zero-order chi connectivity index (χ0) is 9.35. The summed E-state index contributed by atoms with van der Waals surface area (Å²) in [6, 6.07) is 0.818. The Kier molecular flexibility index (Phi) is 2.63. The lowest BCUT2D eigenvalue weighted by Crippen LogP contribution is -2.05. The van der Waals surface area contributed by atoms with Gasteiger partial charge in [0.2, 0.25) is 0 Å². The van der Waals surface area contributed by atoms with Gasteiger partial charge in [0.15, 0.2) is 0 Å². The lowest BCUT2D eigenvalue weighted by Gasteiger charge is -2.05. The summed E-state index contributed by atoms with van der Waals surface area (Å²) in [5, 5.41) is -0.0511. The molecule has 0 bridgehead atoms. The number of halogens is 5. The highest BCUT2D eigenvalue weighted by molar-refractivity contribution is 9.10. The molecule has 0 saturated heterocycles. The molecule has 1 aromatic heterocycles. The summed E-state index contributed by atoms with van der Waals surface area (Å²) >= 11 is 8.30. The summed E-state index contributed by atoms with van der Waals surface area (Å²) in [6.07, 6.45) is -3.67. The van der Waals surface area contributed by atoms with E-state index in [2.05, 4.69) is 20.9 Å². The molecule has 66 valence electrons. The zero-order valence-electron chi connectivity index (χ0n) is 5.49. The number of pyridine rings is 1. The minimum absolute atomic E-state index is 0.0511. The Morgan fingerprint density at radius 3 is 2.42 bits per heavy atom. The highest BCUT2D eigenvalue weighted by Gasteiger charge is 2.31. The quantitative estimate of drug-likeness (QED) is 0.650. The molecule has 0 atom stereocenters. The molecule has 0 aliphatic carbocycles. The van der Waals surface area contributed by atoms with E-state index < -0.39 is 11.7 Å². The first-order chi connectivity index (χ1) is 5.41. The number of nitrogens with zero attached hydrogens (tertiary/aromatic N) is 1. The predicted octanol–water partition coefficient (Wildman–Crippen LogP) is 3.52. The molecule has 12 heavy (non-hydrogen) atoms. The van der Waals surface area contributed by atoms with Crippen molar-refractivity contribution in [1.29, 1.82) is 0 Å². The van der Waals surface area contributed by atoms with Gasteiger partial charge in [-0.25, -0.2) is 4.98 Å². The molecule has 0 radical (unpaired) electrons. The fourth-order valence-corrected chi connectivity index (χ4v) is 0.959. The van der Waals surface area contributed by atoms with E-state index in [1.165, 1.54) is 0 Å². The number of hydrogen-bond acceptors (Lipinski definition) is 1. The third kappa shape index (κ3) is 2.10. The van der Waals surface area contributed by atoms with Crippen LogP contribution in [0.25, 0.3) is 0 Å². The molecule has 1 nitrogen and oxygen atoms in total. The maximum atomic E-state index is 12.0. The van der Waals surface area contributed by atoms with Crippen molar-refractivity contribution < 1.29 is 13.2 Å². The molecular weight excluding hydrogens is 258 g/mol. The van der Waals surface area contributed by atoms with Crippen molar-refractivity contribution in [3.8, 4) is 0 Å². The minimum atomic E-state index is -4.39. The molecule has 0 aromatic carbocycles. The van der Waals surface area contributed by atoms with Gasteiger partial charge in [-0.15, -0.1) is 0 Å². The van der Waals surface area contributed by atoms with Crippen LogP contribution in [0.2, 0.25) is 5.02 Å². The first-order valence-corrected chi connectivity index (χ1v) is 3.96. The second-order valence-corrected chi connectivity index (χ2v) is 3.15. The van der Waals surface area contributed by atoms with Crippen LogP contribution in [0.1, 0.15) is 5.56 Å². The summed E-state index contributed by atoms with van der Waals surface area (Å²) in [4.78, 5) is 3.41. The Morgan fingerprint density at radius 1 is 1.42 bits per heavy atom. The van der Waals surface area contributed by atoms with E-state index in [-0.39, 0.29) is 9.63 Å². The predicted molar refractivity (Wildman–Crippen MR) is 41.9 cm³/mol. The van der Waals surface area contributed by atoms with Crippen molar-refractivity contribution in [2.75, 3.05) is 0 Å². The fraction of sp³-hybridized carbons (Fsp3) is 0.167. The molecule has 0 saturated carbocycles. The monoisotopic (exact) mass is 259 g/mol. The second kappa shape index (κ2) is 3.22. The van der Waals surface area contributed by atoms with E-state index >= 15 is 0 Å². The molecule has 0 unspecified atom stereocenters. The van der Waals surface area contributed by atoms with Gasteiger partial charge in [-0.05, 0) is 22.0 Å². The first-order valence-electron chi connectivity index (χ1n) is 2.79. The highest BCUT2D eigenvalue weighted by Crippen LogP contribution is 2.32. The third-order valence-electron chi connectivity index (χ3n) is 1.12. The van der Waals surface area contributed by atoms with Crippen LogP contribution in [0, 0.1) is 0 Å². The molecular formula is C6H2BrClF3N. The van der Waals surface area contributed by atoms with E-state index in [1.54, 1.807) is 0 Å². The average molecular weight is 260 g/mol. The maximum Gasteiger partial charge on any atom is 0.417 e. The van der Waals surface area contributed by atoms with E-state index in [4.69, 9.17) is 11.6 Å². The van der Waals surface area contributed by atoms with E-state index in [0.29, 0.717) is 0 Å². The normalized spacial score (nSPS) is 11.8. The molecule has 1 heterocycles. The van der Waals surface area contributed by atoms with Gasteiger partial charge in [0.25, 0.3) is 0 Å². The van der Waals surface area contributed by atoms with Crippen LogP contribution in [-0.2, 0) is 6.18 Å². The van der Waals surface area contributed by atoms with Crippen molar-refractivity contribution in [3.63, 3.8) is 0 Å². The first kappa shape index (κ1) is 9.80. The lowest BCUT2D eigenvalue weighted by atomic mass is 10.3. The van der Waals surface area contributed by atoms with Gasteiger partial charge in [0.05, 0.1) is 10.6 Å². The fourth-order valence-electron chi connectivity index (χ4n) is 0.576. The van der Waals surface area contributed by atoms with Crippen LogP contribution in [0.3, 0.4) is 0 Å². The van der Waals surface area contributed by atoms with Gasteiger partial charge in [0.1, 0.15) is 4.60 Å². The van der Waals surface area contributed by atoms with E-state index in [9.17, 15) is 13.2 Å². The molecule has 1 aromatic rings. The Hall–Kier alpha value is -0.290. The minimum Gasteiger partial charge on any atom is -0.247 e. The number of alkyl halides is 3. The lowest BCUT2D eigenvalue weighted by molar-refractivity contribution is -0.137. The highest BCUT2D eigenvalue weighted by atomic mass is 79.9. The van der Waals surface area contributed by atoms with Gasteiger partial charge in [-0.3, -0.25) is 0 Å². The van der Waals surface area contributed by atoms with Crippen LogP contribution >= 0.6 is 27.5 Å². The van der Waals surface area contributed by atoms with Gasteiger partial charge < -0.3 is 0 Å². The summed E-state index contributed by atoms with van der Waals surface area (Å²) in [7, 11) is 0. The number of rotatable bonds is 0. The molecule has 0 N–H and O–H groups in total. The Morgan fingerprint density at radius 2 is 2.00 bits per heavy atom. The second-order valence-electron chi connectivity index (χ2n) is 1.99. The van der Waals surface area contributed by atoms with Gasteiger partial charge in [-0.1, -0.05) is 11.6 Å². The topological polar surface area (TPSA) is 12.9 Å². The van der Waals surface area contributed by atoms with Crippen LogP contribution in [0.5, 0.6) is 0 Å². The third-order valence-corrected chi connectivity index (χ3v) is 2.27. The zero-order valence-corrected chi connectivity index (χ0v) is 7.83. The van der Waals surface area contributed by atoms with Gasteiger partial charge >= 0.3 is 6.18 Å². The van der Waals surface area contributed by atoms with Crippen LogP contribution in [0.4, 0.5) is 13.2 Å². The molecule has 0 spiro atoms. The smallest absolute Gasteiger partial charge is 0.247 e. The van der Waals surface area contributed by atoms with Crippen LogP contribution in [-0.4, -0.2) is 4.98 Å². The van der Waals surface area contributed by atoms with Crippen molar-refractivity contribution in [2.24, 2.45) is 0 Å². The molecule has 0 amide bonds. The molecule has 6 heteroatoms. The molecule has 0 fully saturated rings. The summed E-state index contributed by atoms with van der Waals surface area (Å²) in [5.74, 6) is 0. The summed E-state index contributed by atoms with van der Waals surface area (Å²) < 4.78 is 36.2. The average Bonchev–Trinajstić information content (AvgIpc) is 1.92. The number of aromatic nitrogens is 1. The van der Waals surface area contributed by atoms with Crippen LogP contribution < -0.4 is 0 Å². The van der Waals surface area contributed by atoms with E-state index in [1.807, 2.05) is 0 Å². The number of hydrogen-bond donors (Lipinski definition) is 0. The van der Waals surface area contributed by atoms with E-state index in [0.717, 1.165) is 12.3 Å². The standard InChI is InChI=1S/C6H2BrClF3N/c7-5-4(8)1-3(2-12-5)6(9,10)11/h1-2H. The van der Waals surface area contributed by atoms with Gasteiger partial charge in [-0.2, -0.15) is 13.2 Å². The van der Waals surface area contributed by atoms with Crippen molar-refractivity contribution >= 4 is 27.5 Å². The Balaban J connectivity index is 3.14. The van der Waals surface area contributed by atoms with Crippen molar-refractivity contribution in [1.82, 2.24) is 4.98 Å². The van der Waals surface area contributed by atoms with Crippen molar-refractivity contribution in [2.45, 2.75) is 6.18 Å². The van der Waals surface area contributed by atoms with Gasteiger partial charge in [0, 0.05) is 6.20 Å².